The number of benzene rings is 1. The first-order chi connectivity index (χ1) is 14.0. The Morgan fingerprint density at radius 2 is 2.10 bits per heavy atom. The third kappa shape index (κ3) is 3.65. The number of rotatable bonds is 3. The summed E-state index contributed by atoms with van der Waals surface area (Å²) in [5.41, 5.74) is 0.0184. The lowest BCUT2D eigenvalue weighted by Gasteiger charge is -2.45. The van der Waals surface area contributed by atoms with E-state index < -0.39 is 11.7 Å². The number of nitrogens with zero attached hydrogens (tertiary/aromatic N) is 3. The fraction of sp³-hybridized carbons (Fsp3) is 0.450. The van der Waals surface area contributed by atoms with Crippen LogP contribution >= 0.6 is 0 Å². The van der Waals surface area contributed by atoms with Gasteiger partial charge in [-0.1, -0.05) is 6.07 Å². The molecule has 1 fully saturated rings. The molecule has 1 spiro atoms. The molecule has 9 nitrogen and oxygen atoms in total. The lowest BCUT2D eigenvalue weighted by molar-refractivity contribution is -0.171. The Kier molecular flexibility index (Phi) is 5.14. The Bertz CT molecular complexity index is 904. The molecule has 9 heteroatoms. The highest BCUT2D eigenvalue weighted by Crippen LogP contribution is 2.40. The van der Waals surface area contributed by atoms with Crippen molar-refractivity contribution in [1.82, 2.24) is 19.8 Å². The molecule has 0 aliphatic carbocycles. The Morgan fingerprint density at radius 1 is 1.31 bits per heavy atom. The van der Waals surface area contributed by atoms with Gasteiger partial charge in [0.15, 0.2) is 6.10 Å². The zero-order valence-corrected chi connectivity index (χ0v) is 16.6. The van der Waals surface area contributed by atoms with Gasteiger partial charge in [0.2, 0.25) is 0 Å². The lowest BCUT2D eigenvalue weighted by Crippen LogP contribution is -2.54. The molecular formula is C20H25N5O4. The molecule has 1 saturated heterocycles. The van der Waals surface area contributed by atoms with Crippen LogP contribution in [0.3, 0.4) is 0 Å². The minimum absolute atomic E-state index is 0.151. The fourth-order valence-corrected chi connectivity index (χ4v) is 4.01. The van der Waals surface area contributed by atoms with Gasteiger partial charge < -0.3 is 29.6 Å². The number of fused-ring (bicyclic) bond motifs is 2. The van der Waals surface area contributed by atoms with Crippen LogP contribution in [0, 0.1) is 0 Å². The van der Waals surface area contributed by atoms with Crippen LogP contribution < -0.4 is 15.4 Å². The van der Waals surface area contributed by atoms with Crippen molar-refractivity contribution in [2.45, 2.75) is 31.1 Å². The van der Waals surface area contributed by atoms with Gasteiger partial charge in [-0.05, 0) is 12.1 Å². The van der Waals surface area contributed by atoms with Gasteiger partial charge in [0.05, 0.1) is 13.7 Å². The summed E-state index contributed by atoms with van der Waals surface area (Å²) in [6.07, 6.45) is 4.18. The van der Waals surface area contributed by atoms with Crippen LogP contribution in [0.2, 0.25) is 0 Å². The monoisotopic (exact) mass is 399 g/mol. The lowest BCUT2D eigenvalue weighted by atomic mass is 9.88. The first-order valence-corrected chi connectivity index (χ1v) is 9.66. The third-order valence-electron chi connectivity index (χ3n) is 5.57. The first-order valence-electron chi connectivity index (χ1n) is 9.66. The standard InChI is InChI=1S/C20H25N5O4/c1-21-17(26)16-13-25-11-8-22-18(25)20(29-16)6-9-24(10-7-20)19(27)23-14-4-3-5-15(12-14)28-2/h3-5,8,11-12,16H,6-7,9-10,13H2,1-2H3,(H,21,26)(H,23,27)/t16-/m0/s1. The number of nitrogens with one attached hydrogen (secondary N) is 2. The van der Waals surface area contributed by atoms with Crippen LogP contribution in [0.1, 0.15) is 18.7 Å². The maximum absolute atomic E-state index is 12.7. The van der Waals surface area contributed by atoms with Crippen molar-refractivity contribution in [2.24, 2.45) is 0 Å². The van der Waals surface area contributed by atoms with Crippen molar-refractivity contribution in [2.75, 3.05) is 32.6 Å². The highest BCUT2D eigenvalue weighted by molar-refractivity contribution is 5.89. The molecule has 3 amide bonds. The van der Waals surface area contributed by atoms with E-state index in [0.29, 0.717) is 43.9 Å². The molecule has 4 rings (SSSR count). The number of carbonyl (C=O) groups excluding carboxylic acids is 2. The molecular weight excluding hydrogens is 374 g/mol. The summed E-state index contributed by atoms with van der Waals surface area (Å²) >= 11 is 0. The second kappa shape index (κ2) is 7.75. The van der Waals surface area contributed by atoms with Crippen molar-refractivity contribution in [3.8, 4) is 5.75 Å². The third-order valence-corrected chi connectivity index (χ3v) is 5.57. The molecule has 0 bridgehead atoms. The van der Waals surface area contributed by atoms with Crippen LogP contribution in [0.5, 0.6) is 5.75 Å². The Morgan fingerprint density at radius 3 is 2.83 bits per heavy atom. The normalized spacial score (nSPS) is 20.1. The van der Waals surface area contributed by atoms with Crippen LogP contribution in [-0.2, 0) is 21.7 Å². The highest BCUT2D eigenvalue weighted by atomic mass is 16.5. The molecule has 1 aromatic heterocycles. The summed E-state index contributed by atoms with van der Waals surface area (Å²) in [5.74, 6) is 1.36. The number of amides is 3. The Balaban J connectivity index is 1.45. The van der Waals surface area contributed by atoms with E-state index in [0.717, 1.165) is 5.82 Å². The maximum Gasteiger partial charge on any atom is 0.321 e. The summed E-state index contributed by atoms with van der Waals surface area (Å²) < 4.78 is 13.4. The number of anilines is 1. The van der Waals surface area contributed by atoms with Crippen molar-refractivity contribution < 1.29 is 19.1 Å². The molecule has 0 saturated carbocycles. The van der Waals surface area contributed by atoms with E-state index in [1.54, 1.807) is 31.3 Å². The largest absolute Gasteiger partial charge is 0.497 e. The second-order valence-corrected chi connectivity index (χ2v) is 7.27. The van der Waals surface area contributed by atoms with E-state index in [9.17, 15) is 9.59 Å². The second-order valence-electron chi connectivity index (χ2n) is 7.27. The zero-order chi connectivity index (χ0) is 20.4. The highest BCUT2D eigenvalue weighted by Gasteiger charge is 2.47. The van der Waals surface area contributed by atoms with Crippen molar-refractivity contribution in [3.63, 3.8) is 0 Å². The quantitative estimate of drug-likeness (QED) is 0.816. The zero-order valence-electron chi connectivity index (χ0n) is 16.6. The number of hydrogen-bond acceptors (Lipinski definition) is 5. The number of piperidine rings is 1. The first kappa shape index (κ1) is 19.3. The van der Waals surface area contributed by atoms with Crippen LogP contribution in [0.4, 0.5) is 10.5 Å². The Labute approximate surface area is 169 Å². The molecule has 1 aromatic carbocycles. The van der Waals surface area contributed by atoms with E-state index in [2.05, 4.69) is 15.6 Å². The molecule has 154 valence electrons. The maximum atomic E-state index is 12.7. The molecule has 3 heterocycles. The van der Waals surface area contributed by atoms with E-state index in [1.165, 1.54) is 0 Å². The van der Waals surface area contributed by atoms with Gasteiger partial charge in [0, 0.05) is 57.1 Å². The summed E-state index contributed by atoms with van der Waals surface area (Å²) in [6.45, 7) is 1.45. The van der Waals surface area contributed by atoms with Gasteiger partial charge in [-0.2, -0.15) is 0 Å². The number of methoxy groups -OCH3 is 1. The minimum Gasteiger partial charge on any atom is -0.497 e. The number of carbonyl (C=O) groups is 2. The molecule has 2 N–H and O–H groups in total. The van der Waals surface area contributed by atoms with E-state index in [1.807, 2.05) is 29.0 Å². The number of aromatic nitrogens is 2. The summed E-state index contributed by atoms with van der Waals surface area (Å²) in [4.78, 5) is 31.1. The number of urea groups is 1. The van der Waals surface area contributed by atoms with Crippen LogP contribution in [0.25, 0.3) is 0 Å². The molecule has 29 heavy (non-hydrogen) atoms. The van der Waals surface area contributed by atoms with Crippen molar-refractivity contribution >= 4 is 17.6 Å². The molecule has 1 atom stereocenters. The van der Waals surface area contributed by atoms with Gasteiger partial charge in [-0.25, -0.2) is 9.78 Å². The molecule has 2 aliphatic heterocycles. The smallest absolute Gasteiger partial charge is 0.321 e. The van der Waals surface area contributed by atoms with E-state index >= 15 is 0 Å². The van der Waals surface area contributed by atoms with Gasteiger partial charge in [0.1, 0.15) is 17.2 Å². The van der Waals surface area contributed by atoms with Gasteiger partial charge in [0.25, 0.3) is 5.91 Å². The average Bonchev–Trinajstić information content (AvgIpc) is 3.23. The van der Waals surface area contributed by atoms with Crippen molar-refractivity contribution in [1.29, 1.82) is 0 Å². The van der Waals surface area contributed by atoms with Crippen LogP contribution in [0.15, 0.2) is 36.7 Å². The van der Waals surface area contributed by atoms with Gasteiger partial charge in [-0.3, -0.25) is 4.79 Å². The van der Waals surface area contributed by atoms with Crippen LogP contribution in [-0.4, -0.2) is 59.7 Å². The molecule has 2 aromatic rings. The van der Waals surface area contributed by atoms with Gasteiger partial charge in [-0.15, -0.1) is 0 Å². The number of likely N-dealkylation sites (tertiary alicyclic amines) is 1. The Hall–Kier alpha value is -3.07. The molecule has 2 aliphatic rings. The predicted molar refractivity (Wildman–Crippen MR) is 106 cm³/mol. The topological polar surface area (TPSA) is 97.7 Å². The SMILES string of the molecule is CNC(=O)[C@@H]1Cn2ccnc2C2(CCN(C(=O)Nc3cccc(OC)c3)CC2)O1. The minimum atomic E-state index is -0.661. The van der Waals surface area contributed by atoms with Gasteiger partial charge >= 0.3 is 6.03 Å². The predicted octanol–water partition coefficient (Wildman–Crippen LogP) is 1.56. The molecule has 0 radical (unpaired) electrons. The average molecular weight is 399 g/mol. The summed E-state index contributed by atoms with van der Waals surface area (Å²) in [6, 6.07) is 7.08. The summed E-state index contributed by atoms with van der Waals surface area (Å²) in [7, 11) is 3.19. The number of ether oxygens (including phenoxy) is 2. The van der Waals surface area contributed by atoms with E-state index in [-0.39, 0.29) is 11.9 Å². The van der Waals surface area contributed by atoms with E-state index in [4.69, 9.17) is 9.47 Å². The number of likely N-dealkylation sites (N-methyl/N-ethyl adjacent to an activating group) is 1. The number of hydrogen-bond donors (Lipinski definition) is 2. The summed E-state index contributed by atoms with van der Waals surface area (Å²) in [5, 5.41) is 5.57. The van der Waals surface area contributed by atoms with Crippen molar-refractivity contribution in [3.05, 3.63) is 42.5 Å². The molecule has 0 unspecified atom stereocenters. The number of imidazole rings is 1. The fourth-order valence-electron chi connectivity index (χ4n) is 4.01.